The van der Waals surface area contributed by atoms with Gasteiger partial charge in [0.1, 0.15) is 6.04 Å². The molecule has 1 aliphatic rings. The molecule has 0 saturated carbocycles. The second-order valence-corrected chi connectivity index (χ2v) is 6.92. The summed E-state index contributed by atoms with van der Waals surface area (Å²) in [6.45, 7) is 0.539. The Morgan fingerprint density at radius 1 is 1.03 bits per heavy atom. The van der Waals surface area contributed by atoms with Crippen molar-refractivity contribution < 1.29 is 23.9 Å². The van der Waals surface area contributed by atoms with E-state index in [-0.39, 0.29) is 31.2 Å². The molecule has 1 saturated heterocycles. The van der Waals surface area contributed by atoms with Gasteiger partial charge in [0.05, 0.1) is 20.8 Å². The van der Waals surface area contributed by atoms with Crippen molar-refractivity contribution in [2.75, 3.05) is 14.2 Å². The Bertz CT molecular complexity index is 916. The molecule has 0 radical (unpaired) electrons. The van der Waals surface area contributed by atoms with Crippen LogP contribution in [0.5, 0.6) is 11.5 Å². The molecule has 2 N–H and O–H groups in total. The highest BCUT2D eigenvalue weighted by Crippen LogP contribution is 2.27. The molecule has 1 aliphatic heterocycles. The van der Waals surface area contributed by atoms with Crippen molar-refractivity contribution in [2.45, 2.75) is 32.0 Å². The monoisotopic (exact) mass is 411 g/mol. The standard InChI is InChI=1S/C22H25N3O5/c1-29-18-10-8-16(12-19(18)30-2)13-23-20(26)11-9-17-21(27)25(22(28)24-17)14-15-6-4-3-5-7-15/h3-8,10,12,17H,9,11,13-14H2,1-2H3,(H,23,26)(H,24,28)/t17-/m0/s1. The van der Waals surface area contributed by atoms with Gasteiger partial charge in [-0.15, -0.1) is 0 Å². The van der Waals surface area contributed by atoms with Crippen LogP contribution in [-0.4, -0.2) is 43.0 Å². The number of hydrogen-bond donors (Lipinski definition) is 2. The van der Waals surface area contributed by atoms with Crippen molar-refractivity contribution in [1.29, 1.82) is 0 Å². The first-order valence-electron chi connectivity index (χ1n) is 9.65. The molecule has 2 aromatic carbocycles. The van der Waals surface area contributed by atoms with Gasteiger partial charge in [-0.1, -0.05) is 36.4 Å². The SMILES string of the molecule is COc1ccc(CNC(=O)CC[C@@H]2NC(=O)N(Cc3ccccc3)C2=O)cc1OC. The number of imide groups is 1. The summed E-state index contributed by atoms with van der Waals surface area (Å²) in [7, 11) is 3.11. The van der Waals surface area contributed by atoms with Crippen molar-refractivity contribution in [3.8, 4) is 11.5 Å². The summed E-state index contributed by atoms with van der Waals surface area (Å²) in [5.74, 6) is 0.690. The van der Waals surface area contributed by atoms with E-state index in [9.17, 15) is 14.4 Å². The average Bonchev–Trinajstić information content (AvgIpc) is 3.04. The molecule has 1 fully saturated rings. The van der Waals surface area contributed by atoms with Gasteiger partial charge in [-0.3, -0.25) is 14.5 Å². The van der Waals surface area contributed by atoms with Crippen molar-refractivity contribution in [3.05, 3.63) is 59.7 Å². The lowest BCUT2D eigenvalue weighted by molar-refractivity contribution is -0.128. The Kier molecular flexibility index (Phi) is 6.90. The molecular weight excluding hydrogens is 386 g/mol. The lowest BCUT2D eigenvalue weighted by Gasteiger charge is -2.13. The fourth-order valence-corrected chi connectivity index (χ4v) is 3.24. The lowest BCUT2D eigenvalue weighted by Crippen LogP contribution is -2.32. The van der Waals surface area contributed by atoms with E-state index in [1.165, 1.54) is 4.90 Å². The van der Waals surface area contributed by atoms with E-state index >= 15 is 0 Å². The second-order valence-electron chi connectivity index (χ2n) is 6.92. The summed E-state index contributed by atoms with van der Waals surface area (Å²) in [5, 5.41) is 5.47. The van der Waals surface area contributed by atoms with Crippen LogP contribution in [0.25, 0.3) is 0 Å². The number of benzene rings is 2. The Hall–Kier alpha value is -3.55. The summed E-state index contributed by atoms with van der Waals surface area (Å²) in [6, 6.07) is 13.6. The molecular formula is C22H25N3O5. The summed E-state index contributed by atoms with van der Waals surface area (Å²) < 4.78 is 10.4. The zero-order valence-corrected chi connectivity index (χ0v) is 17.0. The predicted molar refractivity (Wildman–Crippen MR) is 110 cm³/mol. The highest BCUT2D eigenvalue weighted by atomic mass is 16.5. The number of carbonyl (C=O) groups excluding carboxylic acids is 3. The highest BCUT2D eigenvalue weighted by molar-refractivity contribution is 6.04. The molecule has 1 heterocycles. The van der Waals surface area contributed by atoms with E-state index < -0.39 is 12.1 Å². The van der Waals surface area contributed by atoms with Gasteiger partial charge in [0.15, 0.2) is 11.5 Å². The van der Waals surface area contributed by atoms with Crippen LogP contribution in [0, 0.1) is 0 Å². The van der Waals surface area contributed by atoms with E-state index in [4.69, 9.17) is 9.47 Å². The van der Waals surface area contributed by atoms with E-state index in [1.54, 1.807) is 26.4 Å². The molecule has 8 heteroatoms. The van der Waals surface area contributed by atoms with Crippen LogP contribution in [0.2, 0.25) is 0 Å². The van der Waals surface area contributed by atoms with Crippen LogP contribution < -0.4 is 20.1 Å². The van der Waals surface area contributed by atoms with Crippen LogP contribution in [0.1, 0.15) is 24.0 Å². The van der Waals surface area contributed by atoms with E-state index in [0.29, 0.717) is 18.0 Å². The van der Waals surface area contributed by atoms with Gasteiger partial charge in [0.25, 0.3) is 5.91 Å². The largest absolute Gasteiger partial charge is 0.493 e. The van der Waals surface area contributed by atoms with E-state index in [2.05, 4.69) is 10.6 Å². The zero-order valence-electron chi connectivity index (χ0n) is 17.0. The summed E-state index contributed by atoms with van der Waals surface area (Å²) in [6.07, 6.45) is 0.372. The topological polar surface area (TPSA) is 97.0 Å². The molecule has 2 aromatic rings. The molecule has 0 bridgehead atoms. The smallest absolute Gasteiger partial charge is 0.325 e. The molecule has 30 heavy (non-hydrogen) atoms. The first-order chi connectivity index (χ1) is 14.5. The van der Waals surface area contributed by atoms with Gasteiger partial charge in [-0.05, 0) is 29.7 Å². The van der Waals surface area contributed by atoms with E-state index in [0.717, 1.165) is 11.1 Å². The maximum Gasteiger partial charge on any atom is 0.325 e. The third kappa shape index (κ3) is 5.08. The molecule has 8 nitrogen and oxygen atoms in total. The third-order valence-corrected chi connectivity index (χ3v) is 4.89. The van der Waals surface area contributed by atoms with Gasteiger partial charge in [-0.2, -0.15) is 0 Å². The first kappa shape index (κ1) is 21.2. The fourth-order valence-electron chi connectivity index (χ4n) is 3.24. The van der Waals surface area contributed by atoms with Gasteiger partial charge in [0, 0.05) is 13.0 Å². The van der Waals surface area contributed by atoms with Gasteiger partial charge in [-0.25, -0.2) is 4.79 Å². The van der Waals surface area contributed by atoms with E-state index in [1.807, 2.05) is 36.4 Å². The average molecular weight is 411 g/mol. The quantitative estimate of drug-likeness (QED) is 0.617. The fraction of sp³-hybridized carbons (Fsp3) is 0.318. The van der Waals surface area contributed by atoms with Crippen molar-refractivity contribution in [1.82, 2.24) is 15.5 Å². The minimum atomic E-state index is -0.687. The van der Waals surface area contributed by atoms with Crippen molar-refractivity contribution in [2.24, 2.45) is 0 Å². The van der Waals surface area contributed by atoms with Crippen molar-refractivity contribution >= 4 is 17.8 Å². The number of nitrogens with zero attached hydrogens (tertiary/aromatic N) is 1. The molecule has 158 valence electrons. The molecule has 0 aromatic heterocycles. The van der Waals surface area contributed by atoms with Crippen molar-refractivity contribution in [3.63, 3.8) is 0 Å². The third-order valence-electron chi connectivity index (χ3n) is 4.89. The highest BCUT2D eigenvalue weighted by Gasteiger charge is 2.37. The molecule has 0 unspecified atom stereocenters. The van der Waals surface area contributed by atoms with Gasteiger partial charge >= 0.3 is 6.03 Å². The number of methoxy groups -OCH3 is 2. The summed E-state index contributed by atoms with van der Waals surface area (Å²) in [4.78, 5) is 38.1. The van der Waals surface area contributed by atoms with Gasteiger partial charge < -0.3 is 20.1 Å². The minimum absolute atomic E-state index is 0.128. The summed E-state index contributed by atoms with van der Waals surface area (Å²) in [5.41, 5.74) is 1.73. The van der Waals surface area contributed by atoms with Crippen LogP contribution in [-0.2, 0) is 22.7 Å². The molecule has 0 spiro atoms. The Morgan fingerprint density at radius 3 is 2.47 bits per heavy atom. The number of hydrogen-bond acceptors (Lipinski definition) is 5. The van der Waals surface area contributed by atoms with Crippen LogP contribution in [0.4, 0.5) is 4.79 Å². The predicted octanol–water partition coefficient (Wildman–Crippen LogP) is 2.22. The number of urea groups is 1. The lowest BCUT2D eigenvalue weighted by atomic mass is 10.1. The zero-order chi connectivity index (χ0) is 21.5. The molecule has 1 atom stereocenters. The number of carbonyl (C=O) groups is 3. The van der Waals surface area contributed by atoms with Crippen LogP contribution in [0.15, 0.2) is 48.5 Å². The summed E-state index contributed by atoms with van der Waals surface area (Å²) >= 11 is 0. The van der Waals surface area contributed by atoms with Crippen LogP contribution >= 0.6 is 0 Å². The number of nitrogens with one attached hydrogen (secondary N) is 2. The second kappa shape index (κ2) is 9.78. The Morgan fingerprint density at radius 2 is 1.77 bits per heavy atom. The molecule has 4 amide bonds. The Labute approximate surface area is 175 Å². The first-order valence-corrected chi connectivity index (χ1v) is 9.65. The van der Waals surface area contributed by atoms with Gasteiger partial charge in [0.2, 0.25) is 5.91 Å². The number of amides is 4. The normalized spacial score (nSPS) is 15.7. The molecule has 0 aliphatic carbocycles. The number of ether oxygens (including phenoxy) is 2. The minimum Gasteiger partial charge on any atom is -0.493 e. The maximum absolute atomic E-state index is 12.5. The Balaban J connectivity index is 1.48. The molecule has 3 rings (SSSR count). The number of rotatable bonds is 9. The maximum atomic E-state index is 12.5. The van der Waals surface area contributed by atoms with Crippen LogP contribution in [0.3, 0.4) is 0 Å².